The third-order valence-corrected chi connectivity index (χ3v) is 6.28. The molecule has 1 aromatic carbocycles. The van der Waals surface area contributed by atoms with E-state index in [1.54, 1.807) is 15.6 Å². The van der Waals surface area contributed by atoms with Crippen molar-refractivity contribution in [2.45, 2.75) is 12.8 Å². The number of piperidine rings is 1. The number of amides is 1. The number of anilines is 1. The van der Waals surface area contributed by atoms with Gasteiger partial charge in [-0.25, -0.2) is 14.8 Å². The van der Waals surface area contributed by atoms with Crippen LogP contribution in [0.3, 0.4) is 0 Å². The number of carbonyl (C=O) groups is 1. The van der Waals surface area contributed by atoms with Gasteiger partial charge in [-0.1, -0.05) is 18.2 Å². The van der Waals surface area contributed by atoms with Crippen LogP contribution in [0.25, 0.3) is 33.8 Å². The minimum atomic E-state index is -0.860. The molecule has 10 heteroatoms. The van der Waals surface area contributed by atoms with Gasteiger partial charge in [0.15, 0.2) is 5.82 Å². The maximum atomic E-state index is 11.4. The van der Waals surface area contributed by atoms with Crippen molar-refractivity contribution in [3.8, 4) is 33.8 Å². The van der Waals surface area contributed by atoms with Crippen molar-refractivity contribution < 1.29 is 9.90 Å². The molecule has 1 aliphatic rings. The van der Waals surface area contributed by atoms with Gasteiger partial charge in [0.2, 0.25) is 0 Å². The van der Waals surface area contributed by atoms with E-state index in [0.717, 1.165) is 40.8 Å². The summed E-state index contributed by atoms with van der Waals surface area (Å²) < 4.78 is 3.52. The summed E-state index contributed by atoms with van der Waals surface area (Å²) in [5, 5.41) is 21.7. The molecule has 35 heavy (non-hydrogen) atoms. The van der Waals surface area contributed by atoms with Crippen LogP contribution < -0.4 is 5.32 Å². The maximum Gasteiger partial charge on any atom is 0.407 e. The van der Waals surface area contributed by atoms with E-state index >= 15 is 0 Å². The molecule has 1 atom stereocenters. The Balaban J connectivity index is 1.44. The van der Waals surface area contributed by atoms with Crippen molar-refractivity contribution in [2.24, 2.45) is 20.0 Å². The Bertz CT molecular complexity index is 1340. The molecule has 180 valence electrons. The quantitative estimate of drug-likeness (QED) is 0.439. The highest BCUT2D eigenvalue weighted by atomic mass is 16.4. The molecule has 0 aliphatic carbocycles. The van der Waals surface area contributed by atoms with E-state index in [4.69, 9.17) is 4.98 Å². The molecule has 1 fully saturated rings. The normalized spacial score (nSPS) is 15.8. The number of carboxylic acid groups (broad SMARTS) is 1. The van der Waals surface area contributed by atoms with Gasteiger partial charge in [-0.15, -0.1) is 0 Å². The van der Waals surface area contributed by atoms with Gasteiger partial charge in [0, 0.05) is 63.4 Å². The van der Waals surface area contributed by atoms with E-state index in [9.17, 15) is 9.90 Å². The number of aromatic nitrogens is 6. The van der Waals surface area contributed by atoms with Crippen LogP contribution in [0, 0.1) is 5.92 Å². The molecule has 0 saturated carbocycles. The largest absolute Gasteiger partial charge is 0.465 e. The average Bonchev–Trinajstić information content (AvgIpc) is 3.51. The van der Waals surface area contributed by atoms with Gasteiger partial charge >= 0.3 is 6.09 Å². The lowest BCUT2D eigenvalue weighted by molar-refractivity contribution is 0.122. The Kier molecular flexibility index (Phi) is 6.17. The van der Waals surface area contributed by atoms with Crippen LogP contribution in [-0.4, -0.2) is 65.3 Å². The van der Waals surface area contributed by atoms with Gasteiger partial charge in [0.05, 0.1) is 17.5 Å². The van der Waals surface area contributed by atoms with Gasteiger partial charge in [-0.3, -0.25) is 9.36 Å². The van der Waals surface area contributed by atoms with E-state index in [0.29, 0.717) is 31.3 Å². The van der Waals surface area contributed by atoms with Crippen molar-refractivity contribution in [3.63, 3.8) is 0 Å². The van der Waals surface area contributed by atoms with Gasteiger partial charge in [0.1, 0.15) is 5.82 Å². The fourth-order valence-corrected chi connectivity index (χ4v) is 4.46. The second kappa shape index (κ2) is 9.57. The molecule has 1 unspecified atom stereocenters. The summed E-state index contributed by atoms with van der Waals surface area (Å²) in [6, 6.07) is 10.0. The first-order valence-electron chi connectivity index (χ1n) is 11.6. The molecule has 4 aromatic rings. The van der Waals surface area contributed by atoms with Gasteiger partial charge in [0.25, 0.3) is 0 Å². The van der Waals surface area contributed by atoms with Crippen LogP contribution >= 0.6 is 0 Å². The van der Waals surface area contributed by atoms with E-state index in [1.807, 2.05) is 57.0 Å². The molecule has 4 heterocycles. The molecule has 3 aromatic heterocycles. The zero-order chi connectivity index (χ0) is 24.4. The average molecular weight is 473 g/mol. The van der Waals surface area contributed by atoms with E-state index in [2.05, 4.69) is 26.6 Å². The SMILES string of the molecule is Cn1cc(-c2cccc(-c3ncc(-c4ccn(C)n4)c(NCC4CCCN(C(=O)O)C4)n3)c2)cn1. The van der Waals surface area contributed by atoms with Crippen molar-refractivity contribution in [1.82, 2.24) is 34.4 Å². The maximum absolute atomic E-state index is 11.4. The van der Waals surface area contributed by atoms with E-state index in [1.165, 1.54) is 4.90 Å². The zero-order valence-corrected chi connectivity index (χ0v) is 19.8. The standard InChI is InChI=1S/C25H28N8O2/c1-31-10-8-22(30-31)21-14-27-23(19-7-3-6-18(11-19)20-13-28-32(2)16-20)29-24(21)26-12-17-5-4-9-33(15-17)25(34)35/h3,6-8,10-11,13-14,16-17H,4-5,9,12,15H2,1-2H3,(H,34,35)(H,26,27,29). The second-order valence-corrected chi connectivity index (χ2v) is 8.93. The van der Waals surface area contributed by atoms with Gasteiger partial charge in [-0.05, 0) is 36.5 Å². The van der Waals surface area contributed by atoms with Crippen molar-refractivity contribution in [1.29, 1.82) is 0 Å². The van der Waals surface area contributed by atoms with Crippen LogP contribution in [0.15, 0.2) is 55.1 Å². The number of aryl methyl sites for hydroxylation is 2. The monoisotopic (exact) mass is 472 g/mol. The smallest absolute Gasteiger partial charge is 0.407 e. The number of nitrogens with one attached hydrogen (secondary N) is 1. The summed E-state index contributed by atoms with van der Waals surface area (Å²) in [6.45, 7) is 1.73. The van der Waals surface area contributed by atoms with E-state index < -0.39 is 6.09 Å². The van der Waals surface area contributed by atoms with Gasteiger partial charge in [-0.2, -0.15) is 10.2 Å². The number of hydrogen-bond donors (Lipinski definition) is 2. The minimum Gasteiger partial charge on any atom is -0.465 e. The molecular formula is C25H28N8O2. The first-order valence-corrected chi connectivity index (χ1v) is 11.6. The lowest BCUT2D eigenvalue weighted by Gasteiger charge is -2.31. The highest BCUT2D eigenvalue weighted by Gasteiger charge is 2.24. The zero-order valence-electron chi connectivity index (χ0n) is 19.8. The molecular weight excluding hydrogens is 444 g/mol. The molecule has 0 spiro atoms. The molecule has 1 saturated heterocycles. The highest BCUT2D eigenvalue weighted by molar-refractivity contribution is 5.75. The Hall–Kier alpha value is -4.21. The molecule has 1 amide bonds. The third-order valence-electron chi connectivity index (χ3n) is 6.28. The van der Waals surface area contributed by atoms with Crippen molar-refractivity contribution in [3.05, 3.63) is 55.1 Å². The van der Waals surface area contributed by atoms with Crippen LogP contribution in [0.5, 0.6) is 0 Å². The predicted molar refractivity (Wildman–Crippen MR) is 133 cm³/mol. The van der Waals surface area contributed by atoms with Crippen LogP contribution in [0.2, 0.25) is 0 Å². The van der Waals surface area contributed by atoms with Crippen molar-refractivity contribution in [2.75, 3.05) is 25.0 Å². The summed E-state index contributed by atoms with van der Waals surface area (Å²) in [6.07, 6.45) is 8.47. The van der Waals surface area contributed by atoms with E-state index in [-0.39, 0.29) is 5.92 Å². The fourth-order valence-electron chi connectivity index (χ4n) is 4.46. The number of benzene rings is 1. The Morgan fingerprint density at radius 3 is 2.74 bits per heavy atom. The van der Waals surface area contributed by atoms with Crippen LogP contribution in [0.1, 0.15) is 12.8 Å². The number of hydrogen-bond acceptors (Lipinski definition) is 6. The molecule has 10 nitrogen and oxygen atoms in total. The summed E-state index contributed by atoms with van der Waals surface area (Å²) in [5.74, 6) is 1.51. The fraction of sp³-hybridized carbons (Fsp3) is 0.320. The number of likely N-dealkylation sites (tertiary alicyclic amines) is 1. The highest BCUT2D eigenvalue weighted by Crippen LogP contribution is 2.29. The molecule has 2 N–H and O–H groups in total. The molecule has 1 aliphatic heterocycles. The van der Waals surface area contributed by atoms with Gasteiger partial charge < -0.3 is 15.3 Å². The second-order valence-electron chi connectivity index (χ2n) is 8.93. The molecule has 0 bridgehead atoms. The molecule has 5 rings (SSSR count). The Morgan fingerprint density at radius 2 is 2.00 bits per heavy atom. The summed E-state index contributed by atoms with van der Waals surface area (Å²) in [4.78, 5) is 22.5. The lowest BCUT2D eigenvalue weighted by Crippen LogP contribution is -2.41. The number of rotatable bonds is 6. The first-order chi connectivity index (χ1) is 17.0. The van der Waals surface area contributed by atoms with Crippen LogP contribution in [0.4, 0.5) is 10.6 Å². The Morgan fingerprint density at radius 1 is 1.14 bits per heavy atom. The topological polar surface area (TPSA) is 114 Å². The van der Waals surface area contributed by atoms with Crippen LogP contribution in [-0.2, 0) is 14.1 Å². The summed E-state index contributed by atoms with van der Waals surface area (Å²) >= 11 is 0. The van der Waals surface area contributed by atoms with Crippen molar-refractivity contribution >= 4 is 11.9 Å². The molecule has 0 radical (unpaired) electrons. The Labute approximate surface area is 203 Å². The minimum absolute atomic E-state index is 0.212. The third kappa shape index (κ3) is 5.01. The lowest BCUT2D eigenvalue weighted by atomic mass is 9.98. The number of nitrogens with zero attached hydrogens (tertiary/aromatic N) is 7. The first kappa shape index (κ1) is 22.6. The predicted octanol–water partition coefficient (Wildman–Crippen LogP) is 3.75. The summed E-state index contributed by atoms with van der Waals surface area (Å²) in [7, 11) is 3.77. The summed E-state index contributed by atoms with van der Waals surface area (Å²) in [5.41, 5.74) is 4.55.